The molecule has 0 saturated heterocycles. The van der Waals surface area contributed by atoms with Gasteiger partial charge in [-0.15, -0.1) is 0 Å². The number of carboxylic acid groups (broad SMARTS) is 1. The molecule has 0 unspecified atom stereocenters. The van der Waals surface area contributed by atoms with Crippen LogP contribution in [-0.4, -0.2) is 23.8 Å². The molecular formula is C17H15NO5. The Morgan fingerprint density at radius 1 is 1.09 bits per heavy atom. The molecule has 0 atom stereocenters. The van der Waals surface area contributed by atoms with E-state index in [0.29, 0.717) is 23.6 Å². The van der Waals surface area contributed by atoms with Crippen LogP contribution in [0.2, 0.25) is 0 Å². The van der Waals surface area contributed by atoms with E-state index < -0.39 is 5.97 Å². The molecule has 23 heavy (non-hydrogen) atoms. The molecule has 0 bridgehead atoms. The van der Waals surface area contributed by atoms with Crippen LogP contribution in [-0.2, 0) is 17.8 Å². The number of benzene rings is 2. The molecule has 0 radical (unpaired) electrons. The van der Waals surface area contributed by atoms with Gasteiger partial charge in [0.15, 0.2) is 11.5 Å². The van der Waals surface area contributed by atoms with Crippen LogP contribution in [0.4, 0.5) is 0 Å². The number of carboxylic acids is 1. The number of amides is 1. The predicted octanol–water partition coefficient (Wildman–Crippen LogP) is 1.97. The third-order valence-corrected chi connectivity index (χ3v) is 3.53. The first-order valence-electron chi connectivity index (χ1n) is 7.10. The summed E-state index contributed by atoms with van der Waals surface area (Å²) in [5, 5.41) is 11.9. The van der Waals surface area contributed by atoms with Gasteiger partial charge >= 0.3 is 5.97 Å². The molecule has 1 amide bonds. The zero-order chi connectivity index (χ0) is 16.2. The maximum Gasteiger partial charge on any atom is 0.335 e. The fraction of sp³-hybridized carbons (Fsp3) is 0.176. The SMILES string of the molecule is O=C(Cc1ccccc1C(=O)O)NCc1ccc2c(c1)OCO2. The zero-order valence-electron chi connectivity index (χ0n) is 12.2. The van der Waals surface area contributed by atoms with E-state index in [1.54, 1.807) is 24.3 Å². The van der Waals surface area contributed by atoms with Crippen molar-refractivity contribution in [2.24, 2.45) is 0 Å². The van der Waals surface area contributed by atoms with Crippen molar-refractivity contribution in [1.29, 1.82) is 0 Å². The monoisotopic (exact) mass is 313 g/mol. The van der Waals surface area contributed by atoms with Crippen molar-refractivity contribution in [3.05, 3.63) is 59.2 Å². The number of carbonyl (C=O) groups is 2. The van der Waals surface area contributed by atoms with Gasteiger partial charge in [0.05, 0.1) is 12.0 Å². The second-order valence-corrected chi connectivity index (χ2v) is 5.10. The van der Waals surface area contributed by atoms with Crippen molar-refractivity contribution in [2.45, 2.75) is 13.0 Å². The molecule has 0 saturated carbocycles. The lowest BCUT2D eigenvalue weighted by Crippen LogP contribution is -2.25. The van der Waals surface area contributed by atoms with Gasteiger partial charge in [-0.25, -0.2) is 4.79 Å². The minimum Gasteiger partial charge on any atom is -0.478 e. The van der Waals surface area contributed by atoms with Crippen LogP contribution < -0.4 is 14.8 Å². The van der Waals surface area contributed by atoms with Crippen molar-refractivity contribution < 1.29 is 24.2 Å². The van der Waals surface area contributed by atoms with Gasteiger partial charge in [-0.1, -0.05) is 24.3 Å². The van der Waals surface area contributed by atoms with Gasteiger partial charge in [-0.2, -0.15) is 0 Å². The molecule has 6 nitrogen and oxygen atoms in total. The lowest BCUT2D eigenvalue weighted by molar-refractivity contribution is -0.120. The molecule has 0 spiro atoms. The number of rotatable bonds is 5. The summed E-state index contributed by atoms with van der Waals surface area (Å²) in [6.45, 7) is 0.543. The van der Waals surface area contributed by atoms with Crippen molar-refractivity contribution in [3.63, 3.8) is 0 Å². The van der Waals surface area contributed by atoms with Crippen LogP contribution in [0.15, 0.2) is 42.5 Å². The Kier molecular flexibility index (Phi) is 4.14. The van der Waals surface area contributed by atoms with E-state index in [9.17, 15) is 9.59 Å². The van der Waals surface area contributed by atoms with Gasteiger partial charge in [0.25, 0.3) is 0 Å². The van der Waals surface area contributed by atoms with E-state index in [1.807, 2.05) is 12.1 Å². The second-order valence-electron chi connectivity index (χ2n) is 5.10. The quantitative estimate of drug-likeness (QED) is 0.881. The summed E-state index contributed by atoms with van der Waals surface area (Å²) in [6, 6.07) is 11.9. The zero-order valence-corrected chi connectivity index (χ0v) is 12.2. The number of aromatic carboxylic acids is 1. The highest BCUT2D eigenvalue weighted by Gasteiger charge is 2.14. The lowest BCUT2D eigenvalue weighted by Gasteiger charge is -2.08. The third kappa shape index (κ3) is 3.42. The van der Waals surface area contributed by atoms with E-state index >= 15 is 0 Å². The minimum atomic E-state index is -1.04. The number of hydrogen-bond acceptors (Lipinski definition) is 4. The molecule has 1 aliphatic heterocycles. The third-order valence-electron chi connectivity index (χ3n) is 3.53. The maximum atomic E-state index is 12.0. The Balaban J connectivity index is 1.61. The van der Waals surface area contributed by atoms with Gasteiger partial charge < -0.3 is 19.9 Å². The number of carbonyl (C=O) groups excluding carboxylic acids is 1. The Bertz CT molecular complexity index is 756. The molecule has 2 aromatic carbocycles. The van der Waals surface area contributed by atoms with Crippen molar-refractivity contribution in [3.8, 4) is 11.5 Å². The molecule has 1 aliphatic rings. The molecule has 1 heterocycles. The van der Waals surface area contributed by atoms with Gasteiger partial charge in [-0.05, 0) is 29.3 Å². The smallest absolute Gasteiger partial charge is 0.335 e. The lowest BCUT2D eigenvalue weighted by atomic mass is 10.0. The average Bonchev–Trinajstić information content (AvgIpc) is 3.01. The number of ether oxygens (including phenoxy) is 2. The Morgan fingerprint density at radius 2 is 1.87 bits per heavy atom. The summed E-state index contributed by atoms with van der Waals surface area (Å²) >= 11 is 0. The number of nitrogens with one attached hydrogen (secondary N) is 1. The average molecular weight is 313 g/mol. The van der Waals surface area contributed by atoms with E-state index in [0.717, 1.165) is 5.56 Å². The largest absolute Gasteiger partial charge is 0.478 e. The van der Waals surface area contributed by atoms with Crippen molar-refractivity contribution >= 4 is 11.9 Å². The maximum absolute atomic E-state index is 12.0. The molecular weight excluding hydrogens is 298 g/mol. The van der Waals surface area contributed by atoms with Crippen LogP contribution in [0, 0.1) is 0 Å². The highest BCUT2D eigenvalue weighted by Crippen LogP contribution is 2.32. The van der Waals surface area contributed by atoms with Crippen LogP contribution in [0.1, 0.15) is 21.5 Å². The summed E-state index contributed by atoms with van der Waals surface area (Å²) < 4.78 is 10.5. The minimum absolute atomic E-state index is 0.0209. The van der Waals surface area contributed by atoms with E-state index in [4.69, 9.17) is 14.6 Å². The fourth-order valence-corrected chi connectivity index (χ4v) is 2.37. The molecule has 0 aliphatic carbocycles. The Hall–Kier alpha value is -3.02. The molecule has 0 fully saturated rings. The molecule has 2 N–H and O–H groups in total. The molecule has 6 heteroatoms. The standard InChI is InChI=1S/C17H15NO5/c19-16(8-12-3-1-2-4-13(12)17(20)21)18-9-11-5-6-14-15(7-11)23-10-22-14/h1-7H,8-10H2,(H,18,19)(H,20,21). The summed E-state index contributed by atoms with van der Waals surface area (Å²) in [5.74, 6) is 0.0731. The molecule has 118 valence electrons. The summed E-state index contributed by atoms with van der Waals surface area (Å²) in [7, 11) is 0. The fourth-order valence-electron chi connectivity index (χ4n) is 2.37. The summed E-state index contributed by atoms with van der Waals surface area (Å²) in [6.07, 6.45) is 0.0209. The first kappa shape index (κ1) is 14.9. The van der Waals surface area contributed by atoms with E-state index in [2.05, 4.69) is 5.32 Å². The van der Waals surface area contributed by atoms with E-state index in [1.165, 1.54) is 6.07 Å². The van der Waals surface area contributed by atoms with Crippen molar-refractivity contribution in [2.75, 3.05) is 6.79 Å². The van der Waals surface area contributed by atoms with Crippen LogP contribution in [0.5, 0.6) is 11.5 Å². The topological polar surface area (TPSA) is 84.9 Å². The highest BCUT2D eigenvalue weighted by atomic mass is 16.7. The molecule has 0 aromatic heterocycles. The first-order valence-corrected chi connectivity index (χ1v) is 7.10. The molecule has 2 aromatic rings. The second kappa shape index (κ2) is 6.39. The van der Waals surface area contributed by atoms with Crippen LogP contribution in [0.25, 0.3) is 0 Å². The normalized spacial score (nSPS) is 12.0. The molecule has 3 rings (SSSR count). The Morgan fingerprint density at radius 3 is 2.70 bits per heavy atom. The summed E-state index contributed by atoms with van der Waals surface area (Å²) in [4.78, 5) is 23.2. The van der Waals surface area contributed by atoms with Gasteiger partial charge in [0.1, 0.15) is 0 Å². The van der Waals surface area contributed by atoms with Crippen molar-refractivity contribution in [1.82, 2.24) is 5.32 Å². The van der Waals surface area contributed by atoms with Gasteiger partial charge in [0, 0.05) is 6.54 Å². The van der Waals surface area contributed by atoms with E-state index in [-0.39, 0.29) is 24.7 Å². The van der Waals surface area contributed by atoms with Crippen LogP contribution >= 0.6 is 0 Å². The predicted molar refractivity (Wildman–Crippen MR) is 81.5 cm³/mol. The number of fused-ring (bicyclic) bond motifs is 1. The Labute approximate surface area is 132 Å². The number of hydrogen-bond donors (Lipinski definition) is 2. The highest BCUT2D eigenvalue weighted by molar-refractivity contribution is 5.91. The van der Waals surface area contributed by atoms with Gasteiger partial charge in [-0.3, -0.25) is 4.79 Å². The summed E-state index contributed by atoms with van der Waals surface area (Å²) in [5.41, 5.74) is 1.52. The first-order chi connectivity index (χ1) is 11.1. The van der Waals surface area contributed by atoms with Crippen LogP contribution in [0.3, 0.4) is 0 Å². The van der Waals surface area contributed by atoms with Gasteiger partial charge in [0.2, 0.25) is 12.7 Å².